The van der Waals surface area contributed by atoms with Gasteiger partial charge in [-0.15, -0.1) is 9.78 Å². The minimum atomic E-state index is -1.09. The second-order valence-electron chi connectivity index (χ2n) is 6.97. The molecule has 0 unspecified atom stereocenters. The van der Waals surface area contributed by atoms with Crippen molar-refractivity contribution in [2.24, 2.45) is 0 Å². The highest BCUT2D eigenvalue weighted by Crippen LogP contribution is 2.21. The van der Waals surface area contributed by atoms with Crippen molar-refractivity contribution in [2.45, 2.75) is 51.7 Å². The Hall–Kier alpha value is -3.10. The monoisotopic (exact) mass is 446 g/mol. The van der Waals surface area contributed by atoms with Crippen LogP contribution in [0.15, 0.2) is 48.5 Å². The van der Waals surface area contributed by atoms with Crippen LogP contribution < -0.4 is 9.47 Å². The lowest BCUT2D eigenvalue weighted by molar-refractivity contribution is -0.421. The Morgan fingerprint density at radius 3 is 1.66 bits per heavy atom. The lowest BCUT2D eigenvalue weighted by Gasteiger charge is -2.16. The van der Waals surface area contributed by atoms with Gasteiger partial charge in [0, 0.05) is 6.42 Å². The molecule has 2 aromatic carbocycles. The summed E-state index contributed by atoms with van der Waals surface area (Å²) < 4.78 is 10.3. The number of carbonyl (C=O) groups excluding carboxylic acids is 2. The fourth-order valence-electron chi connectivity index (χ4n) is 2.94. The third-order valence-electron chi connectivity index (χ3n) is 4.66. The highest BCUT2D eigenvalue weighted by molar-refractivity contribution is 5.92. The van der Waals surface area contributed by atoms with E-state index in [-0.39, 0.29) is 11.1 Å². The molecule has 0 saturated carbocycles. The van der Waals surface area contributed by atoms with Crippen LogP contribution in [0, 0.1) is 0 Å². The Bertz CT molecular complexity index is 788. The molecule has 174 valence electrons. The zero-order valence-electron chi connectivity index (χ0n) is 18.7. The molecule has 8 nitrogen and oxygen atoms in total. The predicted octanol–water partition coefficient (Wildman–Crippen LogP) is 5.27. The van der Waals surface area contributed by atoms with Gasteiger partial charge in [0.05, 0.1) is 14.2 Å². The van der Waals surface area contributed by atoms with Crippen molar-refractivity contribution in [3.05, 3.63) is 59.7 Å². The molecule has 0 atom stereocenters. The first kappa shape index (κ1) is 25.2. The van der Waals surface area contributed by atoms with E-state index >= 15 is 0 Å². The summed E-state index contributed by atoms with van der Waals surface area (Å²) in [5.41, 5.74) is 0.394. The summed E-state index contributed by atoms with van der Waals surface area (Å²) >= 11 is 0. The SMILES string of the molecule is CCCCCCCC(OOC(=O)c1ccccc1OC)OOC(=O)c1ccccc1OC. The number of ether oxygens (including phenoxy) is 2. The highest BCUT2D eigenvalue weighted by Gasteiger charge is 2.22. The first-order valence-electron chi connectivity index (χ1n) is 10.6. The van der Waals surface area contributed by atoms with Crippen LogP contribution in [0.25, 0.3) is 0 Å². The third kappa shape index (κ3) is 7.86. The van der Waals surface area contributed by atoms with Gasteiger partial charge in [0.1, 0.15) is 22.6 Å². The van der Waals surface area contributed by atoms with Crippen LogP contribution >= 0.6 is 0 Å². The minimum absolute atomic E-state index is 0.197. The highest BCUT2D eigenvalue weighted by atomic mass is 17.3. The van der Waals surface area contributed by atoms with Crippen LogP contribution in [0.1, 0.15) is 66.2 Å². The molecule has 32 heavy (non-hydrogen) atoms. The zero-order valence-corrected chi connectivity index (χ0v) is 18.7. The third-order valence-corrected chi connectivity index (χ3v) is 4.66. The number of unbranched alkanes of at least 4 members (excludes halogenated alkanes) is 4. The topological polar surface area (TPSA) is 89.5 Å². The summed E-state index contributed by atoms with van der Waals surface area (Å²) in [5.74, 6) is -0.808. The molecule has 2 aromatic rings. The summed E-state index contributed by atoms with van der Waals surface area (Å²) in [5, 5.41) is 0. The number of para-hydroxylation sites is 2. The van der Waals surface area contributed by atoms with E-state index in [4.69, 9.17) is 29.0 Å². The molecule has 0 spiro atoms. The Balaban J connectivity index is 1.96. The molecule has 0 N–H and O–H groups in total. The fraction of sp³-hybridized carbons (Fsp3) is 0.417. The molecule has 8 heteroatoms. The summed E-state index contributed by atoms with van der Waals surface area (Å²) in [6.45, 7) is 2.13. The van der Waals surface area contributed by atoms with Gasteiger partial charge in [0.2, 0.25) is 6.29 Å². The molecule has 0 radical (unpaired) electrons. The van der Waals surface area contributed by atoms with Crippen LogP contribution in [0.5, 0.6) is 11.5 Å². The fourth-order valence-corrected chi connectivity index (χ4v) is 2.94. The molecule has 0 heterocycles. The molecule has 0 bridgehead atoms. The van der Waals surface area contributed by atoms with Crippen LogP contribution in [0.3, 0.4) is 0 Å². The zero-order chi connectivity index (χ0) is 23.2. The molecular formula is C24H30O8. The molecule has 0 fully saturated rings. The van der Waals surface area contributed by atoms with Crippen molar-refractivity contribution in [3.8, 4) is 11.5 Å². The van der Waals surface area contributed by atoms with E-state index in [0.29, 0.717) is 17.9 Å². The van der Waals surface area contributed by atoms with Crippen molar-refractivity contribution in [3.63, 3.8) is 0 Å². The second kappa shape index (κ2) is 14.1. The second-order valence-corrected chi connectivity index (χ2v) is 6.97. The van der Waals surface area contributed by atoms with Gasteiger partial charge in [-0.25, -0.2) is 9.59 Å². The maximum absolute atomic E-state index is 12.4. The van der Waals surface area contributed by atoms with Crippen LogP contribution in [0.4, 0.5) is 0 Å². The Kier molecular flexibility index (Phi) is 11.1. The van der Waals surface area contributed by atoms with Gasteiger partial charge >= 0.3 is 11.9 Å². The Morgan fingerprint density at radius 2 is 1.19 bits per heavy atom. The smallest absolute Gasteiger partial charge is 0.376 e. The molecule has 0 aliphatic heterocycles. The molecular weight excluding hydrogens is 416 g/mol. The van der Waals surface area contributed by atoms with Gasteiger partial charge in [-0.1, -0.05) is 56.9 Å². The normalized spacial score (nSPS) is 10.6. The Labute approximate surface area is 188 Å². The lowest BCUT2D eigenvalue weighted by atomic mass is 10.1. The minimum Gasteiger partial charge on any atom is -0.496 e. The van der Waals surface area contributed by atoms with E-state index < -0.39 is 18.2 Å². The van der Waals surface area contributed by atoms with Crippen LogP contribution in [-0.4, -0.2) is 32.4 Å². The van der Waals surface area contributed by atoms with E-state index in [1.807, 2.05) is 0 Å². The van der Waals surface area contributed by atoms with Gasteiger partial charge in [-0.2, -0.15) is 0 Å². The number of methoxy groups -OCH3 is 2. The Morgan fingerprint density at radius 1 is 0.719 bits per heavy atom. The van der Waals surface area contributed by atoms with E-state index in [1.54, 1.807) is 48.5 Å². The van der Waals surface area contributed by atoms with Gasteiger partial charge in [0.25, 0.3) is 0 Å². The van der Waals surface area contributed by atoms with E-state index in [9.17, 15) is 9.59 Å². The maximum atomic E-state index is 12.4. The van der Waals surface area contributed by atoms with Crippen LogP contribution in [0.2, 0.25) is 0 Å². The van der Waals surface area contributed by atoms with Gasteiger partial charge in [-0.3, -0.25) is 9.78 Å². The van der Waals surface area contributed by atoms with Gasteiger partial charge in [0.15, 0.2) is 0 Å². The number of carbonyl (C=O) groups is 2. The largest absolute Gasteiger partial charge is 0.496 e. The van der Waals surface area contributed by atoms with Gasteiger partial charge < -0.3 is 9.47 Å². The van der Waals surface area contributed by atoms with E-state index in [1.165, 1.54) is 14.2 Å². The predicted molar refractivity (Wildman–Crippen MR) is 116 cm³/mol. The van der Waals surface area contributed by atoms with E-state index in [0.717, 1.165) is 32.1 Å². The maximum Gasteiger partial charge on any atom is 0.376 e. The standard InChI is InChI=1S/C24H30O8/c1-4-5-6-7-8-17-22(29-31-23(25)18-13-9-11-15-20(18)27-2)30-32-24(26)19-14-10-12-16-21(19)28-3/h9-16,22H,4-8,17H2,1-3H3. The lowest BCUT2D eigenvalue weighted by Crippen LogP contribution is -2.22. The molecule has 0 saturated heterocycles. The van der Waals surface area contributed by atoms with Crippen molar-refractivity contribution < 1.29 is 38.6 Å². The molecule has 0 aromatic heterocycles. The summed E-state index contributed by atoms with van der Waals surface area (Å²) in [7, 11) is 2.90. The summed E-state index contributed by atoms with van der Waals surface area (Å²) in [4.78, 5) is 45.0. The average molecular weight is 446 g/mol. The summed E-state index contributed by atoms with van der Waals surface area (Å²) in [6, 6.07) is 13.2. The molecule has 0 aliphatic carbocycles. The number of rotatable bonds is 14. The number of benzene rings is 2. The summed E-state index contributed by atoms with van der Waals surface area (Å²) in [6.07, 6.45) is 4.25. The van der Waals surface area contributed by atoms with Crippen molar-refractivity contribution in [1.29, 1.82) is 0 Å². The molecule has 2 rings (SSSR count). The van der Waals surface area contributed by atoms with Crippen molar-refractivity contribution >= 4 is 11.9 Å². The first-order valence-corrected chi connectivity index (χ1v) is 10.6. The van der Waals surface area contributed by atoms with Crippen LogP contribution in [-0.2, 0) is 19.6 Å². The average Bonchev–Trinajstić information content (AvgIpc) is 2.84. The first-order chi connectivity index (χ1) is 15.6. The van der Waals surface area contributed by atoms with E-state index in [2.05, 4.69) is 6.92 Å². The van der Waals surface area contributed by atoms with Crippen molar-refractivity contribution in [2.75, 3.05) is 14.2 Å². The number of hydrogen-bond donors (Lipinski definition) is 0. The molecule has 0 amide bonds. The number of hydrogen-bond acceptors (Lipinski definition) is 8. The van der Waals surface area contributed by atoms with Crippen molar-refractivity contribution in [1.82, 2.24) is 0 Å². The molecule has 0 aliphatic rings. The van der Waals surface area contributed by atoms with Gasteiger partial charge in [-0.05, 0) is 30.7 Å². The quantitative estimate of drug-likeness (QED) is 0.168.